The molecule has 1 saturated heterocycles. The lowest BCUT2D eigenvalue weighted by Gasteiger charge is -2.38. The van der Waals surface area contributed by atoms with Gasteiger partial charge in [0.1, 0.15) is 0 Å². The molecular weight excluding hydrogens is 380 g/mol. The number of nitrogens with zero attached hydrogens (tertiary/aromatic N) is 4. The second-order valence-corrected chi connectivity index (χ2v) is 8.46. The van der Waals surface area contributed by atoms with Gasteiger partial charge in [0, 0.05) is 25.7 Å². The van der Waals surface area contributed by atoms with Crippen LogP contribution in [0.5, 0.6) is 0 Å². The van der Waals surface area contributed by atoms with E-state index in [4.69, 9.17) is 0 Å². The van der Waals surface area contributed by atoms with Crippen LogP contribution >= 0.6 is 0 Å². The molecule has 1 aliphatic heterocycles. The van der Waals surface area contributed by atoms with Crippen LogP contribution in [0.2, 0.25) is 0 Å². The van der Waals surface area contributed by atoms with Crippen LogP contribution < -0.4 is 5.56 Å². The maximum atomic E-state index is 12.7. The molecule has 0 bridgehead atoms. The van der Waals surface area contributed by atoms with Gasteiger partial charge in [-0.15, -0.1) is 0 Å². The molecule has 0 aromatic carbocycles. The zero-order chi connectivity index (χ0) is 21.1. The van der Waals surface area contributed by atoms with Crippen molar-refractivity contribution in [2.75, 3.05) is 13.1 Å². The summed E-state index contributed by atoms with van der Waals surface area (Å²) in [7, 11) is 0. The molecule has 2 aliphatic rings. The number of fused-ring (bicyclic) bond motifs is 1. The lowest BCUT2D eigenvalue weighted by molar-refractivity contribution is -0.136. The molecule has 1 N–H and O–H groups in total. The van der Waals surface area contributed by atoms with Crippen molar-refractivity contribution in [3.8, 4) is 0 Å². The molecule has 3 heterocycles. The van der Waals surface area contributed by atoms with Gasteiger partial charge in [-0.25, -0.2) is 4.98 Å². The summed E-state index contributed by atoms with van der Waals surface area (Å²) in [6.45, 7) is 3.26. The van der Waals surface area contributed by atoms with E-state index in [0.717, 1.165) is 12.8 Å². The van der Waals surface area contributed by atoms with Gasteiger partial charge in [0.2, 0.25) is 5.91 Å². The number of hydrogen-bond acceptors (Lipinski definition) is 5. The van der Waals surface area contributed by atoms with E-state index >= 15 is 0 Å². The van der Waals surface area contributed by atoms with E-state index in [1.54, 1.807) is 18.5 Å². The highest BCUT2D eigenvalue weighted by molar-refractivity contribution is 5.77. The van der Waals surface area contributed by atoms with Gasteiger partial charge < -0.3 is 10.0 Å². The van der Waals surface area contributed by atoms with Crippen LogP contribution in [-0.2, 0) is 11.3 Å². The largest absolute Gasteiger partial charge is 0.388 e. The van der Waals surface area contributed by atoms with Gasteiger partial charge in [-0.3, -0.25) is 19.1 Å². The molecule has 1 fully saturated rings. The normalized spacial score (nSPS) is 19.5. The highest BCUT2D eigenvalue weighted by Crippen LogP contribution is 2.26. The number of aliphatic hydroxyl groups is 1. The van der Waals surface area contributed by atoms with Gasteiger partial charge >= 0.3 is 0 Å². The Morgan fingerprint density at radius 2 is 2.10 bits per heavy atom. The van der Waals surface area contributed by atoms with Gasteiger partial charge in [-0.05, 0) is 43.2 Å². The minimum atomic E-state index is -1.02. The Morgan fingerprint density at radius 1 is 1.30 bits per heavy atom. The molecule has 7 nitrogen and oxygen atoms in total. The number of piperidine rings is 1. The molecule has 1 aliphatic carbocycles. The summed E-state index contributed by atoms with van der Waals surface area (Å²) in [5.41, 5.74) is 0.574. The van der Waals surface area contributed by atoms with Crippen molar-refractivity contribution in [3.05, 3.63) is 58.9 Å². The molecule has 30 heavy (non-hydrogen) atoms. The van der Waals surface area contributed by atoms with Gasteiger partial charge in [0.15, 0.2) is 0 Å². The van der Waals surface area contributed by atoms with Crippen LogP contribution in [0.4, 0.5) is 0 Å². The predicted octanol–water partition coefficient (Wildman–Crippen LogP) is 2.45. The van der Waals surface area contributed by atoms with E-state index in [0.29, 0.717) is 43.3 Å². The smallest absolute Gasteiger partial charge is 0.261 e. The van der Waals surface area contributed by atoms with Crippen molar-refractivity contribution in [1.82, 2.24) is 19.4 Å². The van der Waals surface area contributed by atoms with Crippen LogP contribution in [0.1, 0.15) is 39.0 Å². The van der Waals surface area contributed by atoms with E-state index in [1.165, 1.54) is 16.5 Å². The topological polar surface area (TPSA) is 88.3 Å². The van der Waals surface area contributed by atoms with Gasteiger partial charge in [0.25, 0.3) is 5.56 Å². The quantitative estimate of drug-likeness (QED) is 0.821. The predicted molar refractivity (Wildman–Crippen MR) is 115 cm³/mol. The number of amides is 1. The molecular formula is C23H28N4O3. The molecule has 0 saturated carbocycles. The van der Waals surface area contributed by atoms with E-state index in [-0.39, 0.29) is 23.9 Å². The van der Waals surface area contributed by atoms with Gasteiger partial charge in [-0.2, -0.15) is 0 Å². The Morgan fingerprint density at radius 3 is 2.83 bits per heavy atom. The highest BCUT2D eigenvalue weighted by atomic mass is 16.3. The summed E-state index contributed by atoms with van der Waals surface area (Å²) in [6.07, 6.45) is 14.6. The van der Waals surface area contributed by atoms with Crippen molar-refractivity contribution < 1.29 is 9.90 Å². The fraction of sp³-hybridized carbons (Fsp3) is 0.478. The second kappa shape index (κ2) is 8.52. The molecule has 1 atom stereocenters. The minimum Gasteiger partial charge on any atom is -0.388 e. The molecule has 4 rings (SSSR count). The minimum absolute atomic E-state index is 0.126. The fourth-order valence-corrected chi connectivity index (χ4v) is 4.28. The Bertz CT molecular complexity index is 1050. The van der Waals surface area contributed by atoms with E-state index in [2.05, 4.69) is 35.1 Å². The van der Waals surface area contributed by atoms with E-state index in [1.807, 2.05) is 4.90 Å². The number of rotatable bonds is 5. The average Bonchev–Trinajstić information content (AvgIpc) is 2.77. The second-order valence-electron chi connectivity index (χ2n) is 8.46. The van der Waals surface area contributed by atoms with Crippen LogP contribution in [0, 0.1) is 5.92 Å². The third kappa shape index (κ3) is 4.36. The van der Waals surface area contributed by atoms with Gasteiger partial charge in [-0.1, -0.05) is 25.2 Å². The standard InChI is InChI=1S/C23H28N4O3/c1-17(18-5-3-2-4-6-18)13-21(28)26-11-8-23(30,9-12-26)15-27-16-25-20-14-24-10-7-19(20)22(27)29/h3,5-7,10,14,16-17,30H,2,4,8-9,11-13,15H2,1H3. The summed E-state index contributed by atoms with van der Waals surface area (Å²) in [6, 6.07) is 1.64. The Balaban J connectivity index is 1.37. The summed E-state index contributed by atoms with van der Waals surface area (Å²) in [5.74, 6) is 0.327. The van der Waals surface area contributed by atoms with Crippen LogP contribution in [0.15, 0.2) is 53.4 Å². The molecule has 158 valence electrons. The van der Waals surface area contributed by atoms with Crippen molar-refractivity contribution in [2.24, 2.45) is 5.92 Å². The first-order valence-electron chi connectivity index (χ1n) is 10.6. The summed E-state index contributed by atoms with van der Waals surface area (Å²) in [4.78, 5) is 35.5. The van der Waals surface area contributed by atoms with E-state index < -0.39 is 5.60 Å². The third-order valence-electron chi connectivity index (χ3n) is 6.21. The Kier molecular flexibility index (Phi) is 5.81. The fourth-order valence-electron chi connectivity index (χ4n) is 4.28. The number of carbonyl (C=O) groups excluding carboxylic acids is 1. The molecule has 1 unspecified atom stereocenters. The number of pyridine rings is 1. The summed E-state index contributed by atoms with van der Waals surface area (Å²) in [5, 5.41) is 11.5. The maximum Gasteiger partial charge on any atom is 0.261 e. The van der Waals surface area contributed by atoms with Gasteiger partial charge in [0.05, 0.1) is 35.6 Å². The summed E-state index contributed by atoms with van der Waals surface area (Å²) < 4.78 is 1.46. The van der Waals surface area contributed by atoms with Crippen molar-refractivity contribution in [3.63, 3.8) is 0 Å². The number of hydrogen-bond donors (Lipinski definition) is 1. The molecule has 2 aromatic rings. The Labute approximate surface area is 175 Å². The summed E-state index contributed by atoms with van der Waals surface area (Å²) >= 11 is 0. The molecule has 0 radical (unpaired) electrons. The number of likely N-dealkylation sites (tertiary alicyclic amines) is 1. The lowest BCUT2D eigenvalue weighted by atomic mass is 9.89. The zero-order valence-corrected chi connectivity index (χ0v) is 17.3. The van der Waals surface area contributed by atoms with Crippen molar-refractivity contribution in [2.45, 2.75) is 51.2 Å². The molecule has 1 amide bonds. The first-order chi connectivity index (χ1) is 14.5. The van der Waals surface area contributed by atoms with E-state index in [9.17, 15) is 14.7 Å². The first-order valence-corrected chi connectivity index (χ1v) is 10.6. The molecule has 2 aromatic heterocycles. The molecule has 7 heteroatoms. The first kappa shape index (κ1) is 20.5. The number of aromatic nitrogens is 3. The van der Waals surface area contributed by atoms with Crippen LogP contribution in [-0.4, -0.2) is 49.1 Å². The highest BCUT2D eigenvalue weighted by Gasteiger charge is 2.35. The molecule has 0 spiro atoms. The van der Waals surface area contributed by atoms with Crippen molar-refractivity contribution in [1.29, 1.82) is 0 Å². The SMILES string of the molecule is CC(CC(=O)N1CCC(O)(Cn2cnc3cnccc3c2=O)CC1)C1=CCCC=C1. The van der Waals surface area contributed by atoms with Crippen LogP contribution in [0.25, 0.3) is 10.9 Å². The van der Waals surface area contributed by atoms with Crippen molar-refractivity contribution >= 4 is 16.8 Å². The maximum absolute atomic E-state index is 12.7. The lowest BCUT2D eigenvalue weighted by Crippen LogP contribution is -2.49. The monoisotopic (exact) mass is 408 g/mol. The average molecular weight is 409 g/mol. The Hall–Kier alpha value is -2.80. The number of allylic oxidation sites excluding steroid dienone is 4. The third-order valence-corrected chi connectivity index (χ3v) is 6.21. The van der Waals surface area contributed by atoms with Crippen LogP contribution in [0.3, 0.4) is 0 Å². The number of carbonyl (C=O) groups is 1. The zero-order valence-electron chi connectivity index (χ0n) is 17.3.